The fourth-order valence-electron chi connectivity index (χ4n) is 1.44. The van der Waals surface area contributed by atoms with Gasteiger partial charge >= 0.3 is 0 Å². The predicted molar refractivity (Wildman–Crippen MR) is 66.6 cm³/mol. The van der Waals surface area contributed by atoms with Crippen LogP contribution in [-0.4, -0.2) is 24.6 Å². The Hall–Kier alpha value is -1.25. The molecule has 84 valence electrons. The number of nitrogens with one attached hydrogen (secondary N) is 1. The van der Waals surface area contributed by atoms with Crippen molar-refractivity contribution < 1.29 is 0 Å². The van der Waals surface area contributed by atoms with E-state index in [1.807, 2.05) is 12.3 Å². The molecule has 1 unspecified atom stereocenters. The van der Waals surface area contributed by atoms with E-state index in [0.717, 1.165) is 18.8 Å². The lowest BCUT2D eigenvalue weighted by molar-refractivity contribution is 0.663. The van der Waals surface area contributed by atoms with E-state index in [2.05, 4.69) is 49.1 Å². The maximum Gasteiger partial charge on any atom is 0.127 e. The predicted octanol–water partition coefficient (Wildman–Crippen LogP) is 2.75. The molecule has 1 rings (SSSR count). The largest absolute Gasteiger partial charge is 0.372 e. The topological polar surface area (TPSA) is 28.2 Å². The third-order valence-electron chi connectivity index (χ3n) is 2.76. The van der Waals surface area contributed by atoms with Crippen molar-refractivity contribution in [1.82, 2.24) is 4.98 Å². The van der Waals surface area contributed by atoms with Crippen molar-refractivity contribution in [3.05, 3.63) is 18.3 Å². The maximum absolute atomic E-state index is 4.26. The van der Waals surface area contributed by atoms with Crippen LogP contribution < -0.4 is 10.2 Å². The van der Waals surface area contributed by atoms with Gasteiger partial charge in [-0.2, -0.15) is 0 Å². The van der Waals surface area contributed by atoms with E-state index < -0.39 is 0 Å². The molecule has 0 saturated carbocycles. The molecule has 3 heteroatoms. The summed E-state index contributed by atoms with van der Waals surface area (Å²) in [5.41, 5.74) is 1.22. The standard InChI is InChI=1S/C12H21N3/c1-5-10(3)15(4)11-7-8-14-12(9-11)13-6-2/h7-10H,5-6H2,1-4H3,(H,13,14). The van der Waals surface area contributed by atoms with Crippen LogP contribution in [0.25, 0.3) is 0 Å². The van der Waals surface area contributed by atoms with Crippen LogP contribution in [0.15, 0.2) is 18.3 Å². The van der Waals surface area contributed by atoms with Crippen molar-refractivity contribution in [3.63, 3.8) is 0 Å². The van der Waals surface area contributed by atoms with E-state index in [1.165, 1.54) is 5.69 Å². The van der Waals surface area contributed by atoms with Gasteiger partial charge in [0.25, 0.3) is 0 Å². The highest BCUT2D eigenvalue weighted by Gasteiger charge is 2.08. The number of pyridine rings is 1. The van der Waals surface area contributed by atoms with Crippen molar-refractivity contribution >= 4 is 11.5 Å². The van der Waals surface area contributed by atoms with Gasteiger partial charge in [0.05, 0.1) is 0 Å². The van der Waals surface area contributed by atoms with Crippen molar-refractivity contribution in [2.24, 2.45) is 0 Å². The van der Waals surface area contributed by atoms with Gasteiger partial charge in [0.1, 0.15) is 5.82 Å². The van der Waals surface area contributed by atoms with E-state index in [4.69, 9.17) is 0 Å². The Labute approximate surface area is 92.5 Å². The van der Waals surface area contributed by atoms with Crippen LogP contribution in [0.5, 0.6) is 0 Å². The summed E-state index contributed by atoms with van der Waals surface area (Å²) in [4.78, 5) is 6.54. The molecule has 1 aromatic heterocycles. The number of anilines is 2. The Morgan fingerprint density at radius 2 is 2.20 bits per heavy atom. The summed E-state index contributed by atoms with van der Waals surface area (Å²) >= 11 is 0. The van der Waals surface area contributed by atoms with Crippen LogP contribution in [0.2, 0.25) is 0 Å². The molecule has 0 aromatic carbocycles. The lowest BCUT2D eigenvalue weighted by atomic mass is 10.2. The molecular formula is C12H21N3. The number of hydrogen-bond donors (Lipinski definition) is 1. The summed E-state index contributed by atoms with van der Waals surface area (Å²) in [6, 6.07) is 4.70. The van der Waals surface area contributed by atoms with E-state index in [1.54, 1.807) is 0 Å². The fourth-order valence-corrected chi connectivity index (χ4v) is 1.44. The molecule has 0 aliphatic carbocycles. The van der Waals surface area contributed by atoms with Crippen LogP contribution in [-0.2, 0) is 0 Å². The molecular weight excluding hydrogens is 186 g/mol. The second-order valence-corrected chi connectivity index (χ2v) is 3.80. The van der Waals surface area contributed by atoms with Gasteiger partial charge < -0.3 is 10.2 Å². The van der Waals surface area contributed by atoms with Crippen molar-refractivity contribution in [2.45, 2.75) is 33.2 Å². The van der Waals surface area contributed by atoms with Gasteiger partial charge in [-0.1, -0.05) is 6.92 Å². The molecule has 1 heterocycles. The van der Waals surface area contributed by atoms with E-state index in [9.17, 15) is 0 Å². The zero-order valence-corrected chi connectivity index (χ0v) is 10.1. The highest BCUT2D eigenvalue weighted by Crippen LogP contribution is 2.18. The summed E-state index contributed by atoms with van der Waals surface area (Å²) in [7, 11) is 2.12. The molecule has 1 atom stereocenters. The van der Waals surface area contributed by atoms with E-state index >= 15 is 0 Å². The summed E-state index contributed by atoms with van der Waals surface area (Å²) in [5.74, 6) is 0.949. The van der Waals surface area contributed by atoms with E-state index in [0.29, 0.717) is 6.04 Å². The minimum Gasteiger partial charge on any atom is -0.372 e. The Bertz CT molecular complexity index is 299. The van der Waals surface area contributed by atoms with Crippen LogP contribution in [0.3, 0.4) is 0 Å². The average molecular weight is 207 g/mol. The number of hydrogen-bond acceptors (Lipinski definition) is 3. The monoisotopic (exact) mass is 207 g/mol. The molecule has 0 amide bonds. The number of rotatable bonds is 5. The third kappa shape index (κ3) is 3.11. The second-order valence-electron chi connectivity index (χ2n) is 3.80. The summed E-state index contributed by atoms with van der Waals surface area (Å²) < 4.78 is 0. The first-order chi connectivity index (χ1) is 7.19. The fraction of sp³-hybridized carbons (Fsp3) is 0.583. The highest BCUT2D eigenvalue weighted by atomic mass is 15.1. The molecule has 0 aliphatic heterocycles. The smallest absolute Gasteiger partial charge is 0.127 e. The Morgan fingerprint density at radius 1 is 1.47 bits per heavy atom. The zero-order valence-electron chi connectivity index (χ0n) is 10.1. The molecule has 0 radical (unpaired) electrons. The molecule has 15 heavy (non-hydrogen) atoms. The van der Waals surface area contributed by atoms with Crippen LogP contribution >= 0.6 is 0 Å². The molecule has 0 bridgehead atoms. The SMILES string of the molecule is CCNc1cc(N(C)C(C)CC)ccn1. The Kier molecular flexibility index (Phi) is 4.40. The lowest BCUT2D eigenvalue weighted by Crippen LogP contribution is -2.27. The van der Waals surface area contributed by atoms with Gasteiger partial charge in [-0.25, -0.2) is 4.98 Å². The summed E-state index contributed by atoms with van der Waals surface area (Å²) in [5, 5.41) is 3.22. The van der Waals surface area contributed by atoms with Crippen LogP contribution in [0, 0.1) is 0 Å². The van der Waals surface area contributed by atoms with Crippen LogP contribution in [0.4, 0.5) is 11.5 Å². The average Bonchev–Trinajstić information content (AvgIpc) is 2.28. The molecule has 1 N–H and O–H groups in total. The highest BCUT2D eigenvalue weighted by molar-refractivity contribution is 5.53. The molecule has 0 aliphatic rings. The first-order valence-electron chi connectivity index (χ1n) is 5.61. The first kappa shape index (κ1) is 11.8. The molecule has 3 nitrogen and oxygen atoms in total. The number of nitrogens with zero attached hydrogens (tertiary/aromatic N) is 2. The van der Waals surface area contributed by atoms with Gasteiger partial charge in [0.15, 0.2) is 0 Å². The Morgan fingerprint density at radius 3 is 2.80 bits per heavy atom. The van der Waals surface area contributed by atoms with Crippen LogP contribution in [0.1, 0.15) is 27.2 Å². The maximum atomic E-state index is 4.26. The quantitative estimate of drug-likeness (QED) is 0.804. The summed E-state index contributed by atoms with van der Waals surface area (Å²) in [6.07, 6.45) is 3.00. The molecule has 0 fully saturated rings. The molecule has 0 saturated heterocycles. The molecule has 0 spiro atoms. The Balaban J connectivity index is 2.80. The van der Waals surface area contributed by atoms with Gasteiger partial charge in [0, 0.05) is 37.6 Å². The third-order valence-corrected chi connectivity index (χ3v) is 2.76. The van der Waals surface area contributed by atoms with Gasteiger partial charge in [-0.3, -0.25) is 0 Å². The summed E-state index contributed by atoms with van der Waals surface area (Å²) in [6.45, 7) is 7.41. The zero-order chi connectivity index (χ0) is 11.3. The molecule has 1 aromatic rings. The van der Waals surface area contributed by atoms with Crippen molar-refractivity contribution in [3.8, 4) is 0 Å². The van der Waals surface area contributed by atoms with Gasteiger partial charge in [-0.05, 0) is 26.3 Å². The van der Waals surface area contributed by atoms with Gasteiger partial charge in [0.2, 0.25) is 0 Å². The first-order valence-corrected chi connectivity index (χ1v) is 5.61. The minimum atomic E-state index is 0.557. The van der Waals surface area contributed by atoms with Crippen molar-refractivity contribution in [1.29, 1.82) is 0 Å². The van der Waals surface area contributed by atoms with Gasteiger partial charge in [-0.15, -0.1) is 0 Å². The van der Waals surface area contributed by atoms with E-state index in [-0.39, 0.29) is 0 Å². The lowest BCUT2D eigenvalue weighted by Gasteiger charge is -2.26. The van der Waals surface area contributed by atoms with Crippen molar-refractivity contribution in [2.75, 3.05) is 23.8 Å². The minimum absolute atomic E-state index is 0.557. The second kappa shape index (κ2) is 5.59. The number of aromatic nitrogens is 1. The normalized spacial score (nSPS) is 12.3.